The van der Waals surface area contributed by atoms with Crippen LogP contribution in [0, 0.1) is 0 Å². The second-order valence-electron chi connectivity index (χ2n) is 6.40. The summed E-state index contributed by atoms with van der Waals surface area (Å²) in [6.45, 7) is 1.85. The van der Waals surface area contributed by atoms with Gasteiger partial charge >= 0.3 is 11.7 Å². The lowest BCUT2D eigenvalue weighted by molar-refractivity contribution is -0.155. The number of fused-ring (bicyclic) bond motifs is 1. The summed E-state index contributed by atoms with van der Waals surface area (Å²) in [5.74, 6) is -0.880. The van der Waals surface area contributed by atoms with Gasteiger partial charge in [0, 0.05) is 18.7 Å². The number of hydrogen-bond donors (Lipinski definition) is 1. The van der Waals surface area contributed by atoms with Gasteiger partial charge in [-0.2, -0.15) is 0 Å². The molecule has 0 unspecified atom stereocenters. The summed E-state index contributed by atoms with van der Waals surface area (Å²) in [6, 6.07) is 14.3. The van der Waals surface area contributed by atoms with E-state index in [4.69, 9.17) is 13.9 Å². The third-order valence-corrected chi connectivity index (χ3v) is 4.44. The number of hydrogen-bond acceptors (Lipinski definition) is 6. The Hall–Kier alpha value is -3.55. The molecule has 3 rings (SSSR count). The smallest absolute Gasteiger partial charge is 0.419 e. The number of carbonyl (C=O) groups is 2. The fraction of sp³-hybridized carbons (Fsp3) is 0.286. The van der Waals surface area contributed by atoms with E-state index in [-0.39, 0.29) is 19.5 Å². The average Bonchev–Trinajstić information content (AvgIpc) is 3.05. The SMILES string of the molecule is COc1ccccc1CNC(=O)[C@@H](C)OC(=O)CCn1c(=O)oc2ccccc21. The van der Waals surface area contributed by atoms with Crippen LogP contribution in [0.5, 0.6) is 5.75 Å². The molecule has 0 bridgehead atoms. The van der Waals surface area contributed by atoms with Crippen LogP contribution in [0.1, 0.15) is 18.9 Å². The van der Waals surface area contributed by atoms with Gasteiger partial charge in [-0.15, -0.1) is 0 Å². The lowest BCUT2D eigenvalue weighted by Gasteiger charge is -2.14. The van der Waals surface area contributed by atoms with E-state index in [1.165, 1.54) is 11.5 Å². The molecule has 1 amide bonds. The zero-order chi connectivity index (χ0) is 20.8. The Labute approximate surface area is 167 Å². The number of nitrogens with zero attached hydrogens (tertiary/aromatic N) is 1. The Kier molecular flexibility index (Phi) is 6.33. The zero-order valence-electron chi connectivity index (χ0n) is 16.2. The van der Waals surface area contributed by atoms with Crippen molar-refractivity contribution in [3.63, 3.8) is 0 Å². The van der Waals surface area contributed by atoms with Crippen LogP contribution < -0.4 is 15.8 Å². The third-order valence-electron chi connectivity index (χ3n) is 4.44. The van der Waals surface area contributed by atoms with Gasteiger partial charge in [-0.05, 0) is 25.1 Å². The molecule has 2 aromatic carbocycles. The lowest BCUT2D eigenvalue weighted by Crippen LogP contribution is -2.35. The Balaban J connectivity index is 1.51. The molecule has 1 heterocycles. The molecular formula is C21H22N2O6. The first kappa shape index (κ1) is 20.2. The van der Waals surface area contributed by atoms with Crippen LogP contribution in [0.4, 0.5) is 0 Å². The van der Waals surface area contributed by atoms with E-state index in [0.717, 1.165) is 5.56 Å². The van der Waals surface area contributed by atoms with Gasteiger partial charge in [0.15, 0.2) is 11.7 Å². The zero-order valence-corrected chi connectivity index (χ0v) is 16.2. The van der Waals surface area contributed by atoms with Crippen LogP contribution in [0.2, 0.25) is 0 Å². The normalized spacial score (nSPS) is 11.8. The van der Waals surface area contributed by atoms with E-state index in [2.05, 4.69) is 5.32 Å². The van der Waals surface area contributed by atoms with Crippen LogP contribution in [-0.4, -0.2) is 29.7 Å². The monoisotopic (exact) mass is 398 g/mol. The first-order valence-electron chi connectivity index (χ1n) is 9.17. The third kappa shape index (κ3) is 4.84. The minimum absolute atomic E-state index is 0.0619. The van der Waals surface area contributed by atoms with Crippen molar-refractivity contribution in [1.29, 1.82) is 0 Å². The summed E-state index contributed by atoms with van der Waals surface area (Å²) in [6.07, 6.45) is -1.02. The van der Waals surface area contributed by atoms with Crippen molar-refractivity contribution in [2.45, 2.75) is 32.5 Å². The molecule has 1 atom stereocenters. The fourth-order valence-corrected chi connectivity index (χ4v) is 2.91. The second kappa shape index (κ2) is 9.09. The summed E-state index contributed by atoms with van der Waals surface area (Å²) in [5, 5.41) is 2.72. The summed E-state index contributed by atoms with van der Waals surface area (Å²) in [4.78, 5) is 36.2. The summed E-state index contributed by atoms with van der Waals surface area (Å²) in [5.41, 5.74) is 1.87. The van der Waals surface area contributed by atoms with E-state index in [9.17, 15) is 14.4 Å². The summed E-state index contributed by atoms with van der Waals surface area (Å²) < 4.78 is 16.9. The maximum Gasteiger partial charge on any atom is 0.419 e. The van der Waals surface area contributed by atoms with Gasteiger partial charge in [0.05, 0.1) is 19.0 Å². The maximum atomic E-state index is 12.2. The average molecular weight is 398 g/mol. The Morgan fingerprint density at radius 1 is 1.14 bits per heavy atom. The number of rotatable bonds is 8. The van der Waals surface area contributed by atoms with Crippen molar-refractivity contribution >= 4 is 23.0 Å². The van der Waals surface area contributed by atoms with E-state index in [1.807, 2.05) is 18.2 Å². The number of para-hydroxylation sites is 3. The molecule has 152 valence electrons. The van der Waals surface area contributed by atoms with Gasteiger partial charge in [0.1, 0.15) is 5.75 Å². The topological polar surface area (TPSA) is 99.8 Å². The number of oxazole rings is 1. The van der Waals surface area contributed by atoms with E-state index in [0.29, 0.717) is 16.8 Å². The number of aromatic nitrogens is 1. The minimum atomic E-state index is -0.963. The molecule has 0 aliphatic rings. The molecule has 0 spiro atoms. The van der Waals surface area contributed by atoms with Crippen molar-refractivity contribution in [2.75, 3.05) is 7.11 Å². The molecule has 1 N–H and O–H groups in total. The molecule has 0 aliphatic heterocycles. The molecule has 0 fully saturated rings. The highest BCUT2D eigenvalue weighted by molar-refractivity contribution is 5.83. The van der Waals surface area contributed by atoms with Gasteiger partial charge in [-0.25, -0.2) is 4.79 Å². The number of amides is 1. The van der Waals surface area contributed by atoms with Gasteiger partial charge < -0.3 is 19.2 Å². The number of esters is 1. The predicted octanol–water partition coefficient (Wildman–Crippen LogP) is 2.24. The largest absolute Gasteiger partial charge is 0.496 e. The standard InChI is InChI=1S/C21H22N2O6/c1-14(20(25)22-13-15-7-3-5-9-17(15)27-2)28-19(24)11-12-23-16-8-4-6-10-18(16)29-21(23)26/h3-10,14H,11-13H2,1-2H3,(H,22,25)/t14-/m1/s1. The van der Waals surface area contributed by atoms with Crippen molar-refractivity contribution in [3.05, 3.63) is 64.6 Å². The van der Waals surface area contributed by atoms with Crippen molar-refractivity contribution in [3.8, 4) is 5.75 Å². The second-order valence-corrected chi connectivity index (χ2v) is 6.40. The summed E-state index contributed by atoms with van der Waals surface area (Å²) >= 11 is 0. The van der Waals surface area contributed by atoms with Crippen LogP contribution >= 0.6 is 0 Å². The van der Waals surface area contributed by atoms with Crippen molar-refractivity contribution < 1.29 is 23.5 Å². The number of aryl methyl sites for hydroxylation is 1. The summed E-state index contributed by atoms with van der Waals surface area (Å²) in [7, 11) is 1.56. The highest BCUT2D eigenvalue weighted by Crippen LogP contribution is 2.17. The molecule has 1 aromatic heterocycles. The van der Waals surface area contributed by atoms with Gasteiger partial charge in [-0.1, -0.05) is 30.3 Å². The van der Waals surface area contributed by atoms with Gasteiger partial charge in [0.2, 0.25) is 0 Å². The Morgan fingerprint density at radius 3 is 2.66 bits per heavy atom. The Morgan fingerprint density at radius 2 is 1.86 bits per heavy atom. The number of ether oxygens (including phenoxy) is 2. The Bertz CT molecular complexity index is 1070. The molecule has 0 saturated heterocycles. The van der Waals surface area contributed by atoms with Crippen LogP contribution in [0.25, 0.3) is 11.1 Å². The molecule has 8 heteroatoms. The molecular weight excluding hydrogens is 376 g/mol. The number of methoxy groups -OCH3 is 1. The first-order valence-corrected chi connectivity index (χ1v) is 9.17. The van der Waals surface area contributed by atoms with Gasteiger partial charge in [0.25, 0.3) is 5.91 Å². The number of benzene rings is 2. The highest BCUT2D eigenvalue weighted by atomic mass is 16.5. The maximum absolute atomic E-state index is 12.2. The molecule has 0 saturated carbocycles. The van der Waals surface area contributed by atoms with Crippen LogP contribution in [0.15, 0.2) is 57.7 Å². The molecule has 8 nitrogen and oxygen atoms in total. The highest BCUT2D eigenvalue weighted by Gasteiger charge is 2.19. The van der Waals surface area contributed by atoms with Crippen LogP contribution in [0.3, 0.4) is 0 Å². The van der Waals surface area contributed by atoms with Crippen molar-refractivity contribution in [2.24, 2.45) is 0 Å². The fourth-order valence-electron chi connectivity index (χ4n) is 2.91. The van der Waals surface area contributed by atoms with E-state index in [1.54, 1.807) is 37.4 Å². The van der Waals surface area contributed by atoms with Crippen LogP contribution in [-0.2, 0) is 27.4 Å². The minimum Gasteiger partial charge on any atom is -0.496 e. The lowest BCUT2D eigenvalue weighted by atomic mass is 10.2. The molecule has 29 heavy (non-hydrogen) atoms. The number of carbonyl (C=O) groups excluding carboxylic acids is 2. The number of nitrogens with one attached hydrogen (secondary N) is 1. The molecule has 3 aromatic rings. The van der Waals surface area contributed by atoms with E-state index < -0.39 is 23.7 Å². The molecule has 0 radical (unpaired) electrons. The quantitative estimate of drug-likeness (QED) is 0.584. The predicted molar refractivity (Wildman–Crippen MR) is 105 cm³/mol. The van der Waals surface area contributed by atoms with Crippen molar-refractivity contribution in [1.82, 2.24) is 9.88 Å². The van der Waals surface area contributed by atoms with Gasteiger partial charge in [-0.3, -0.25) is 14.2 Å². The van der Waals surface area contributed by atoms with E-state index >= 15 is 0 Å². The molecule has 0 aliphatic carbocycles. The first-order chi connectivity index (χ1) is 14.0.